The van der Waals surface area contributed by atoms with Gasteiger partial charge in [0.2, 0.25) is 0 Å². The minimum Gasteiger partial charge on any atom is -0.328 e. The first-order chi connectivity index (χ1) is 13.2. The minimum atomic E-state index is -3.87. The van der Waals surface area contributed by atoms with Crippen molar-refractivity contribution in [2.45, 2.75) is 31.6 Å². The van der Waals surface area contributed by atoms with E-state index in [0.29, 0.717) is 33.8 Å². The maximum absolute atomic E-state index is 12.6. The molecular weight excluding hydrogens is 421 g/mol. The molecule has 1 heterocycles. The Morgan fingerprint density at radius 3 is 2.64 bits per heavy atom. The Balaban J connectivity index is 1.96. The number of amides is 1. The van der Waals surface area contributed by atoms with Gasteiger partial charge in [-0.25, -0.2) is 0 Å². The molecule has 6 nitrogen and oxygen atoms in total. The Hall–Kier alpha value is -2.09. The van der Waals surface area contributed by atoms with Gasteiger partial charge in [-0.3, -0.25) is 4.79 Å². The fourth-order valence-electron chi connectivity index (χ4n) is 2.92. The Labute approximate surface area is 174 Å². The lowest BCUT2D eigenvalue weighted by atomic mass is 10.1. The van der Waals surface area contributed by atoms with E-state index in [-0.39, 0.29) is 10.5 Å². The number of halogens is 2. The van der Waals surface area contributed by atoms with Crippen LogP contribution in [0, 0.1) is 0 Å². The fraction of sp³-hybridized carbons (Fsp3) is 0.263. The van der Waals surface area contributed by atoms with E-state index in [1.54, 1.807) is 31.2 Å². The summed E-state index contributed by atoms with van der Waals surface area (Å²) in [6, 6.07) is 9.26. The van der Waals surface area contributed by atoms with Crippen LogP contribution in [0.15, 0.2) is 45.7 Å². The maximum Gasteiger partial charge on any atom is 0.286 e. The highest BCUT2D eigenvalue weighted by atomic mass is 35.5. The number of benzene rings is 2. The minimum absolute atomic E-state index is 0.0130. The lowest BCUT2D eigenvalue weighted by Crippen LogP contribution is -2.34. The molecule has 3 rings (SSSR count). The Kier molecular flexibility index (Phi) is 5.98. The van der Waals surface area contributed by atoms with E-state index >= 15 is 0 Å². The summed E-state index contributed by atoms with van der Waals surface area (Å²) in [5, 5.41) is 3.40. The average molecular weight is 440 g/mol. The van der Waals surface area contributed by atoms with Gasteiger partial charge in [0.15, 0.2) is 0 Å². The van der Waals surface area contributed by atoms with Gasteiger partial charge in [-0.05, 0) is 49.7 Å². The van der Waals surface area contributed by atoms with Crippen LogP contribution in [0.1, 0.15) is 37.0 Å². The van der Waals surface area contributed by atoms with Crippen LogP contribution in [-0.2, 0) is 10.0 Å². The lowest BCUT2D eigenvalue weighted by Gasteiger charge is -2.29. The van der Waals surface area contributed by atoms with Crippen LogP contribution < -0.4 is 10.2 Å². The second-order valence-electron chi connectivity index (χ2n) is 6.38. The second kappa shape index (κ2) is 8.11. The summed E-state index contributed by atoms with van der Waals surface area (Å²) in [5.41, 5.74) is 1.06. The Bertz CT molecular complexity index is 1070. The number of nitrogens with one attached hydrogen (secondary N) is 1. The molecule has 0 aromatic heterocycles. The topological polar surface area (TPSA) is 78.8 Å². The maximum atomic E-state index is 12.6. The summed E-state index contributed by atoms with van der Waals surface area (Å²) >= 11 is 12.0. The average Bonchev–Trinajstić information content (AvgIpc) is 2.64. The number of rotatable bonds is 5. The number of carbonyl (C=O) groups is 1. The molecule has 0 unspecified atom stereocenters. The number of hydrogen-bond donors (Lipinski definition) is 1. The molecule has 0 spiro atoms. The second-order valence-corrected chi connectivity index (χ2v) is 8.80. The van der Waals surface area contributed by atoms with Crippen LogP contribution in [0.2, 0.25) is 10.0 Å². The molecule has 1 aliphatic heterocycles. The van der Waals surface area contributed by atoms with Gasteiger partial charge in [-0.15, -0.1) is 4.40 Å². The Morgan fingerprint density at radius 2 is 1.93 bits per heavy atom. The van der Waals surface area contributed by atoms with Crippen LogP contribution in [0.3, 0.4) is 0 Å². The zero-order valence-electron chi connectivity index (χ0n) is 15.4. The number of sulfonamides is 1. The molecule has 9 heteroatoms. The molecule has 2 aromatic rings. The van der Waals surface area contributed by atoms with Crippen molar-refractivity contribution in [1.82, 2.24) is 0 Å². The molecule has 0 aliphatic carbocycles. The lowest BCUT2D eigenvalue weighted by molar-refractivity contribution is 0.102. The van der Waals surface area contributed by atoms with Gasteiger partial charge in [0.25, 0.3) is 15.9 Å². The molecule has 1 amide bonds. The number of hydrogen-bond acceptors (Lipinski definition) is 4. The number of fused-ring (bicyclic) bond motifs is 1. The summed E-state index contributed by atoms with van der Waals surface area (Å²) in [4.78, 5) is 14.5. The Morgan fingerprint density at radius 1 is 1.18 bits per heavy atom. The number of amidine groups is 1. The monoisotopic (exact) mass is 439 g/mol. The van der Waals surface area contributed by atoms with Crippen molar-refractivity contribution in [2.75, 3.05) is 16.8 Å². The number of anilines is 2. The fourth-order valence-corrected chi connectivity index (χ4v) is 4.52. The first-order valence-corrected chi connectivity index (χ1v) is 10.9. The third kappa shape index (κ3) is 4.16. The van der Waals surface area contributed by atoms with Gasteiger partial charge in [-0.1, -0.05) is 36.5 Å². The molecule has 1 aliphatic rings. The van der Waals surface area contributed by atoms with Crippen molar-refractivity contribution in [3.05, 3.63) is 52.0 Å². The standard InChI is InChI=1S/C19H19Cl2N3O3S/c1-3-4-9-24-12(2)23-28(26,27)18-10-13(5-8-17(18)24)19(25)22-16-11-14(20)6-7-15(16)21/h5-8,10-11H,3-4,9H2,1-2H3,(H,22,25). The zero-order chi connectivity index (χ0) is 20.5. The highest BCUT2D eigenvalue weighted by Gasteiger charge is 2.29. The number of unbranched alkanes of at least 4 members (excludes halogenated alkanes) is 1. The van der Waals surface area contributed by atoms with E-state index in [0.717, 1.165) is 12.8 Å². The number of carbonyl (C=O) groups excluding carboxylic acids is 1. The van der Waals surface area contributed by atoms with E-state index in [2.05, 4.69) is 16.6 Å². The normalized spacial score (nSPS) is 15.0. The molecule has 0 saturated carbocycles. The summed E-state index contributed by atoms with van der Waals surface area (Å²) in [7, 11) is -3.87. The number of nitrogens with zero attached hydrogens (tertiary/aromatic N) is 2. The van der Waals surface area contributed by atoms with Crippen LogP contribution >= 0.6 is 23.2 Å². The first-order valence-electron chi connectivity index (χ1n) is 8.72. The van der Waals surface area contributed by atoms with Gasteiger partial charge in [0.1, 0.15) is 10.7 Å². The SMILES string of the molecule is CCCCN1C(C)=NS(=O)(=O)c2cc(C(=O)Nc3cc(Cl)ccc3Cl)ccc21. The van der Waals surface area contributed by atoms with Crippen molar-refractivity contribution in [1.29, 1.82) is 0 Å². The molecule has 1 N–H and O–H groups in total. The highest BCUT2D eigenvalue weighted by Crippen LogP contribution is 2.33. The molecule has 2 aromatic carbocycles. The van der Waals surface area contributed by atoms with Gasteiger partial charge in [0.05, 0.1) is 16.4 Å². The summed E-state index contributed by atoms with van der Waals surface area (Å²) in [5.74, 6) is -0.0718. The van der Waals surface area contributed by atoms with Crippen molar-refractivity contribution in [3.63, 3.8) is 0 Å². The largest absolute Gasteiger partial charge is 0.328 e. The van der Waals surface area contributed by atoms with E-state index in [1.807, 2.05) is 4.90 Å². The van der Waals surface area contributed by atoms with E-state index in [4.69, 9.17) is 23.2 Å². The molecule has 148 valence electrons. The van der Waals surface area contributed by atoms with Gasteiger partial charge < -0.3 is 10.2 Å². The molecule has 0 saturated heterocycles. The predicted octanol–water partition coefficient (Wildman–Crippen LogP) is 4.97. The van der Waals surface area contributed by atoms with Gasteiger partial charge in [-0.2, -0.15) is 8.42 Å². The molecule has 0 bridgehead atoms. The molecule has 28 heavy (non-hydrogen) atoms. The molecule has 0 radical (unpaired) electrons. The quantitative estimate of drug-likeness (QED) is 0.712. The summed E-state index contributed by atoms with van der Waals surface area (Å²) < 4.78 is 28.9. The molecule has 0 atom stereocenters. The van der Waals surface area contributed by atoms with Crippen LogP contribution in [0.5, 0.6) is 0 Å². The molecular formula is C19H19Cl2N3O3S. The smallest absolute Gasteiger partial charge is 0.286 e. The first kappa shape index (κ1) is 20.6. The predicted molar refractivity (Wildman–Crippen MR) is 113 cm³/mol. The molecule has 0 fully saturated rings. The van der Waals surface area contributed by atoms with Crippen LogP contribution in [0.25, 0.3) is 0 Å². The van der Waals surface area contributed by atoms with Crippen LogP contribution in [-0.4, -0.2) is 26.7 Å². The summed E-state index contributed by atoms with van der Waals surface area (Å²) in [6.45, 7) is 4.37. The zero-order valence-corrected chi connectivity index (χ0v) is 17.7. The van der Waals surface area contributed by atoms with Crippen molar-refractivity contribution < 1.29 is 13.2 Å². The van der Waals surface area contributed by atoms with Gasteiger partial charge in [0, 0.05) is 17.1 Å². The van der Waals surface area contributed by atoms with Crippen LogP contribution in [0.4, 0.5) is 11.4 Å². The van der Waals surface area contributed by atoms with Gasteiger partial charge >= 0.3 is 0 Å². The third-order valence-electron chi connectivity index (χ3n) is 4.35. The van der Waals surface area contributed by atoms with Crippen molar-refractivity contribution in [2.24, 2.45) is 4.40 Å². The third-order valence-corrected chi connectivity index (χ3v) is 6.30. The van der Waals surface area contributed by atoms with Crippen molar-refractivity contribution >= 4 is 56.3 Å². The van der Waals surface area contributed by atoms with E-state index < -0.39 is 15.9 Å². The van der Waals surface area contributed by atoms with E-state index in [1.165, 1.54) is 12.1 Å². The summed E-state index contributed by atoms with van der Waals surface area (Å²) in [6.07, 6.45) is 1.86. The van der Waals surface area contributed by atoms with Crippen molar-refractivity contribution in [3.8, 4) is 0 Å². The van der Waals surface area contributed by atoms with E-state index in [9.17, 15) is 13.2 Å². The highest BCUT2D eigenvalue weighted by molar-refractivity contribution is 7.90.